The van der Waals surface area contributed by atoms with Crippen molar-refractivity contribution in [2.45, 2.75) is 6.54 Å². The fraction of sp³-hybridized carbons (Fsp3) is 0.278. The quantitative estimate of drug-likeness (QED) is 0.918. The SMILES string of the molecule is O=C(Nc1ccc(Cl)cc1F)c1ccc(CN2CCOCC2)cc1. The van der Waals surface area contributed by atoms with Gasteiger partial charge in [-0.25, -0.2) is 4.39 Å². The minimum atomic E-state index is -0.556. The number of amides is 1. The second kappa shape index (κ2) is 7.75. The van der Waals surface area contributed by atoms with Gasteiger partial charge in [0.15, 0.2) is 0 Å². The predicted molar refractivity (Wildman–Crippen MR) is 91.9 cm³/mol. The second-order valence-electron chi connectivity index (χ2n) is 5.66. The highest BCUT2D eigenvalue weighted by Gasteiger charge is 2.12. The molecule has 0 bridgehead atoms. The largest absolute Gasteiger partial charge is 0.379 e. The number of morpholine rings is 1. The molecule has 1 fully saturated rings. The molecule has 1 saturated heterocycles. The minimum Gasteiger partial charge on any atom is -0.379 e. The van der Waals surface area contributed by atoms with Crippen LogP contribution in [0.3, 0.4) is 0 Å². The van der Waals surface area contributed by atoms with Gasteiger partial charge in [0.05, 0.1) is 18.9 Å². The molecular weight excluding hydrogens is 331 g/mol. The maximum absolute atomic E-state index is 13.7. The lowest BCUT2D eigenvalue weighted by Gasteiger charge is -2.26. The molecule has 6 heteroatoms. The predicted octanol–water partition coefficient (Wildman–Crippen LogP) is 3.56. The molecule has 24 heavy (non-hydrogen) atoms. The van der Waals surface area contributed by atoms with Crippen molar-refractivity contribution in [2.24, 2.45) is 0 Å². The van der Waals surface area contributed by atoms with Crippen molar-refractivity contribution >= 4 is 23.2 Å². The summed E-state index contributed by atoms with van der Waals surface area (Å²) in [7, 11) is 0. The molecule has 0 spiro atoms. The Morgan fingerprint density at radius 3 is 2.54 bits per heavy atom. The summed E-state index contributed by atoms with van der Waals surface area (Å²) in [6.07, 6.45) is 0. The highest BCUT2D eigenvalue weighted by molar-refractivity contribution is 6.30. The summed E-state index contributed by atoms with van der Waals surface area (Å²) < 4.78 is 19.1. The van der Waals surface area contributed by atoms with Gasteiger partial charge in [-0.3, -0.25) is 9.69 Å². The van der Waals surface area contributed by atoms with Gasteiger partial charge >= 0.3 is 0 Å². The van der Waals surface area contributed by atoms with Crippen LogP contribution in [0.5, 0.6) is 0 Å². The van der Waals surface area contributed by atoms with E-state index in [1.165, 1.54) is 18.2 Å². The molecule has 0 radical (unpaired) electrons. The molecular formula is C18H18ClFN2O2. The molecule has 3 rings (SSSR count). The zero-order chi connectivity index (χ0) is 16.9. The van der Waals surface area contributed by atoms with Gasteiger partial charge in [0, 0.05) is 30.2 Å². The van der Waals surface area contributed by atoms with Crippen molar-refractivity contribution < 1.29 is 13.9 Å². The maximum atomic E-state index is 13.7. The number of anilines is 1. The van der Waals surface area contributed by atoms with Crippen molar-refractivity contribution in [2.75, 3.05) is 31.6 Å². The number of carbonyl (C=O) groups is 1. The fourth-order valence-corrected chi connectivity index (χ4v) is 2.72. The zero-order valence-electron chi connectivity index (χ0n) is 13.1. The summed E-state index contributed by atoms with van der Waals surface area (Å²) in [5, 5.41) is 2.84. The lowest BCUT2D eigenvalue weighted by Crippen LogP contribution is -2.35. The highest BCUT2D eigenvalue weighted by atomic mass is 35.5. The smallest absolute Gasteiger partial charge is 0.255 e. The second-order valence-corrected chi connectivity index (χ2v) is 6.10. The van der Waals surface area contributed by atoms with E-state index < -0.39 is 5.82 Å². The molecule has 126 valence electrons. The molecule has 0 unspecified atom stereocenters. The number of nitrogens with one attached hydrogen (secondary N) is 1. The van der Waals surface area contributed by atoms with Crippen LogP contribution < -0.4 is 5.32 Å². The van der Waals surface area contributed by atoms with Crippen molar-refractivity contribution in [3.05, 3.63) is 64.4 Å². The van der Waals surface area contributed by atoms with Crippen molar-refractivity contribution in [3.63, 3.8) is 0 Å². The molecule has 0 atom stereocenters. The van der Waals surface area contributed by atoms with Crippen LogP contribution >= 0.6 is 11.6 Å². The van der Waals surface area contributed by atoms with Crippen molar-refractivity contribution in [1.29, 1.82) is 0 Å². The standard InChI is InChI=1S/C18H18ClFN2O2/c19-15-5-6-17(16(20)11-15)21-18(23)14-3-1-13(2-4-14)12-22-7-9-24-10-8-22/h1-6,11H,7-10,12H2,(H,21,23). The molecule has 1 N–H and O–H groups in total. The summed E-state index contributed by atoms with van der Waals surface area (Å²) in [5.74, 6) is -0.908. The zero-order valence-corrected chi connectivity index (χ0v) is 13.9. The van der Waals surface area contributed by atoms with Crippen LogP contribution in [-0.2, 0) is 11.3 Å². The lowest BCUT2D eigenvalue weighted by atomic mass is 10.1. The molecule has 0 aromatic heterocycles. The fourth-order valence-electron chi connectivity index (χ4n) is 2.56. The Kier molecular flexibility index (Phi) is 5.45. The van der Waals surface area contributed by atoms with Crippen LogP contribution in [0.4, 0.5) is 10.1 Å². The van der Waals surface area contributed by atoms with Gasteiger partial charge in [0.1, 0.15) is 5.82 Å². The first kappa shape index (κ1) is 16.9. The first-order valence-electron chi connectivity index (χ1n) is 7.77. The highest BCUT2D eigenvalue weighted by Crippen LogP contribution is 2.20. The molecule has 1 amide bonds. The number of hydrogen-bond acceptors (Lipinski definition) is 3. The van der Waals surface area contributed by atoms with Gasteiger partial charge in [-0.15, -0.1) is 0 Å². The molecule has 1 aliphatic rings. The van der Waals surface area contributed by atoms with Crippen LogP contribution in [0.15, 0.2) is 42.5 Å². The van der Waals surface area contributed by atoms with E-state index in [-0.39, 0.29) is 16.6 Å². The number of ether oxygens (including phenoxy) is 1. The molecule has 1 aliphatic heterocycles. The van der Waals surface area contributed by atoms with Gasteiger partial charge in [-0.2, -0.15) is 0 Å². The molecule has 0 saturated carbocycles. The third-order valence-electron chi connectivity index (χ3n) is 3.91. The summed E-state index contributed by atoms with van der Waals surface area (Å²) in [6.45, 7) is 4.17. The number of nitrogens with zero attached hydrogens (tertiary/aromatic N) is 1. The Hall–Kier alpha value is -1.95. The number of hydrogen-bond donors (Lipinski definition) is 1. The van der Waals surface area contributed by atoms with Gasteiger partial charge in [-0.1, -0.05) is 23.7 Å². The van der Waals surface area contributed by atoms with E-state index in [0.717, 1.165) is 38.4 Å². The van der Waals surface area contributed by atoms with E-state index in [1.54, 1.807) is 12.1 Å². The van der Waals surface area contributed by atoms with E-state index in [4.69, 9.17) is 16.3 Å². The van der Waals surface area contributed by atoms with Crippen LogP contribution in [0.1, 0.15) is 15.9 Å². The van der Waals surface area contributed by atoms with E-state index in [0.29, 0.717) is 5.56 Å². The van der Waals surface area contributed by atoms with E-state index in [2.05, 4.69) is 10.2 Å². The van der Waals surface area contributed by atoms with Crippen molar-refractivity contribution in [1.82, 2.24) is 4.90 Å². The van der Waals surface area contributed by atoms with E-state index >= 15 is 0 Å². The van der Waals surface area contributed by atoms with Gasteiger partial charge in [0.2, 0.25) is 0 Å². The number of rotatable bonds is 4. The Morgan fingerprint density at radius 1 is 1.17 bits per heavy atom. The van der Waals surface area contributed by atoms with Crippen LogP contribution in [0.25, 0.3) is 0 Å². The van der Waals surface area contributed by atoms with Crippen LogP contribution in [-0.4, -0.2) is 37.1 Å². The number of carbonyl (C=O) groups excluding carboxylic acids is 1. The van der Waals surface area contributed by atoms with Crippen LogP contribution in [0.2, 0.25) is 5.02 Å². The Labute approximate surface area is 145 Å². The third-order valence-corrected chi connectivity index (χ3v) is 4.14. The topological polar surface area (TPSA) is 41.6 Å². The Balaban J connectivity index is 1.62. The maximum Gasteiger partial charge on any atom is 0.255 e. The Bertz CT molecular complexity index is 715. The monoisotopic (exact) mass is 348 g/mol. The van der Waals surface area contributed by atoms with Gasteiger partial charge in [0.25, 0.3) is 5.91 Å². The average molecular weight is 349 g/mol. The minimum absolute atomic E-state index is 0.113. The summed E-state index contributed by atoms with van der Waals surface area (Å²) in [6, 6.07) is 11.5. The molecule has 2 aromatic rings. The molecule has 0 aliphatic carbocycles. The molecule has 1 heterocycles. The number of benzene rings is 2. The lowest BCUT2D eigenvalue weighted by molar-refractivity contribution is 0.0342. The third kappa shape index (κ3) is 4.32. The van der Waals surface area contributed by atoms with E-state index in [1.807, 2.05) is 12.1 Å². The average Bonchev–Trinajstić information content (AvgIpc) is 2.59. The normalized spacial score (nSPS) is 15.2. The van der Waals surface area contributed by atoms with E-state index in [9.17, 15) is 9.18 Å². The first-order chi connectivity index (χ1) is 11.6. The molecule has 2 aromatic carbocycles. The number of halogens is 2. The van der Waals surface area contributed by atoms with Crippen LogP contribution in [0, 0.1) is 5.82 Å². The Morgan fingerprint density at radius 2 is 1.88 bits per heavy atom. The van der Waals surface area contributed by atoms with Gasteiger partial charge in [-0.05, 0) is 35.9 Å². The van der Waals surface area contributed by atoms with Crippen molar-refractivity contribution in [3.8, 4) is 0 Å². The first-order valence-corrected chi connectivity index (χ1v) is 8.15. The summed E-state index contributed by atoms with van der Waals surface area (Å²) in [5.41, 5.74) is 1.72. The summed E-state index contributed by atoms with van der Waals surface area (Å²) in [4.78, 5) is 14.5. The molecule has 4 nitrogen and oxygen atoms in total. The van der Waals surface area contributed by atoms with Gasteiger partial charge < -0.3 is 10.1 Å². The summed E-state index contributed by atoms with van der Waals surface area (Å²) >= 11 is 5.70.